The molecule has 1 fully saturated rings. The molecule has 5 unspecified atom stereocenters. The van der Waals surface area contributed by atoms with Gasteiger partial charge in [0.25, 0.3) is 0 Å². The highest BCUT2D eigenvalue weighted by molar-refractivity contribution is 7.17. The van der Waals surface area contributed by atoms with E-state index in [0.717, 1.165) is 42.0 Å². The van der Waals surface area contributed by atoms with Crippen LogP contribution in [0.2, 0.25) is 0 Å². The zero-order chi connectivity index (χ0) is 33.5. The van der Waals surface area contributed by atoms with Crippen molar-refractivity contribution in [2.24, 2.45) is 22.7 Å². The van der Waals surface area contributed by atoms with Gasteiger partial charge in [-0.3, -0.25) is 4.99 Å². The van der Waals surface area contributed by atoms with E-state index in [1.165, 1.54) is 71.3 Å². The van der Waals surface area contributed by atoms with Gasteiger partial charge < -0.3 is 9.73 Å². The minimum atomic E-state index is -0.165. The number of hydrogen-bond donors (Lipinski definition) is 1. The molecular weight excluding hydrogens is 641 g/mol. The number of furan rings is 1. The first-order chi connectivity index (χ1) is 25.2. The van der Waals surface area contributed by atoms with Crippen molar-refractivity contribution in [1.82, 2.24) is 0 Å². The average molecular weight is 679 g/mol. The molecule has 2 bridgehead atoms. The van der Waals surface area contributed by atoms with Crippen LogP contribution in [-0.2, 0) is 0 Å². The number of thiophene rings is 1. The second-order valence-electron chi connectivity index (χ2n) is 15.0. The van der Waals surface area contributed by atoms with Crippen molar-refractivity contribution < 1.29 is 4.42 Å². The van der Waals surface area contributed by atoms with Gasteiger partial charge in [-0.1, -0.05) is 115 Å². The second-order valence-corrected chi connectivity index (χ2v) is 16.0. The van der Waals surface area contributed by atoms with Crippen LogP contribution in [0.3, 0.4) is 0 Å². The maximum atomic E-state index is 6.68. The van der Waals surface area contributed by atoms with Gasteiger partial charge in [-0.15, -0.1) is 11.3 Å². The molecule has 4 heteroatoms. The normalized spacial score (nSPS) is 24.1. The largest absolute Gasteiger partial charge is 0.456 e. The van der Waals surface area contributed by atoms with Gasteiger partial charge in [0.05, 0.1) is 12.0 Å². The molecule has 0 amide bonds. The monoisotopic (exact) mass is 678 g/mol. The lowest BCUT2D eigenvalue weighted by atomic mass is 9.56. The van der Waals surface area contributed by atoms with Gasteiger partial charge in [0, 0.05) is 20.4 Å². The van der Waals surface area contributed by atoms with Crippen LogP contribution >= 0.6 is 11.3 Å². The lowest BCUT2D eigenvalue weighted by Crippen LogP contribution is -2.37. The van der Waals surface area contributed by atoms with Crippen molar-refractivity contribution in [3.63, 3.8) is 0 Å². The molecular formula is C47H38N2OS. The zero-order valence-electron chi connectivity index (χ0n) is 28.4. The van der Waals surface area contributed by atoms with E-state index >= 15 is 0 Å². The Morgan fingerprint density at radius 3 is 2.47 bits per heavy atom. The molecule has 248 valence electrons. The lowest BCUT2D eigenvalue weighted by molar-refractivity contribution is 0.241. The van der Waals surface area contributed by atoms with E-state index in [1.807, 2.05) is 17.7 Å². The molecule has 0 saturated heterocycles. The Bertz CT molecular complexity index is 2690. The van der Waals surface area contributed by atoms with Crippen LogP contribution in [-0.4, -0.2) is 6.34 Å². The zero-order valence-corrected chi connectivity index (χ0v) is 29.2. The molecule has 2 aromatic heterocycles. The quantitative estimate of drug-likeness (QED) is 0.185. The smallest absolute Gasteiger partial charge is 0.157 e. The lowest BCUT2D eigenvalue weighted by Gasteiger charge is -2.48. The fraction of sp³-hybridized carbons (Fsp3) is 0.213. The van der Waals surface area contributed by atoms with E-state index in [1.54, 1.807) is 5.57 Å². The number of fused-ring (bicyclic) bond motifs is 8. The summed E-state index contributed by atoms with van der Waals surface area (Å²) in [5, 5.41) is 7.50. The van der Waals surface area contributed by atoms with Crippen molar-refractivity contribution in [2.75, 3.05) is 5.32 Å². The number of hydrogen-bond acceptors (Lipinski definition) is 4. The van der Waals surface area contributed by atoms with Crippen LogP contribution in [0.15, 0.2) is 124 Å². The molecule has 6 aromatic rings. The third-order valence-corrected chi connectivity index (χ3v) is 13.4. The van der Waals surface area contributed by atoms with E-state index in [4.69, 9.17) is 9.41 Å². The summed E-state index contributed by atoms with van der Waals surface area (Å²) in [6.45, 7) is 0. The van der Waals surface area contributed by atoms with E-state index in [0.29, 0.717) is 17.8 Å². The van der Waals surface area contributed by atoms with E-state index < -0.39 is 0 Å². The first-order valence-electron chi connectivity index (χ1n) is 18.6. The molecule has 12 rings (SSSR count). The maximum Gasteiger partial charge on any atom is 0.157 e. The average Bonchev–Trinajstić information content (AvgIpc) is 3.77. The molecule has 1 aliphatic heterocycles. The second kappa shape index (κ2) is 11.7. The molecule has 0 spiro atoms. The molecule has 5 atom stereocenters. The van der Waals surface area contributed by atoms with Gasteiger partial charge in [0.1, 0.15) is 11.5 Å². The number of benzene rings is 4. The highest BCUT2D eigenvalue weighted by atomic mass is 32.1. The summed E-state index contributed by atoms with van der Waals surface area (Å²) in [6.07, 6.45) is 17.4. The summed E-state index contributed by atoms with van der Waals surface area (Å²) in [7, 11) is 0. The molecule has 1 saturated carbocycles. The number of allylic oxidation sites excluding steroid dienone is 2. The minimum Gasteiger partial charge on any atom is -0.456 e. The van der Waals surface area contributed by atoms with Crippen molar-refractivity contribution in [2.45, 2.75) is 44.1 Å². The Kier molecular flexibility index (Phi) is 6.76. The summed E-state index contributed by atoms with van der Waals surface area (Å²) in [6, 6.07) is 37.7. The first-order valence-corrected chi connectivity index (χ1v) is 19.4. The number of nitrogens with zero attached hydrogens (tertiary/aromatic N) is 1. The number of nitrogens with one attached hydrogen (secondary N) is 1. The van der Waals surface area contributed by atoms with Crippen LogP contribution < -0.4 is 25.7 Å². The standard InChI is InChI=1S/C47H38N2OS/c1-2-9-28(10-3-1)29-11-6-13-32(21-29)43-35-23-34(24-36(43)25-35)30-19-20-41-40(26-30)45-46(50-41)44(48-27-49-45)33-14-7-12-31(22-33)37-16-8-17-39-38-15-4-5-18-42(38)51-47(37)39/h1-7,9-15,17-18,20-23,26-27,30,34,36,43-44H,8,16,19,24-25H2,(H,48,49). The topological polar surface area (TPSA) is 37.5 Å². The number of aliphatic imine (C=N–C) groups is 1. The number of anilines is 1. The first kappa shape index (κ1) is 29.5. The Hall–Kier alpha value is -5.19. The maximum absolute atomic E-state index is 6.68. The van der Waals surface area contributed by atoms with Crippen LogP contribution in [0.5, 0.6) is 0 Å². The number of rotatable bonds is 5. The summed E-state index contributed by atoms with van der Waals surface area (Å²) in [4.78, 5) is 4.96. The molecule has 51 heavy (non-hydrogen) atoms. The summed E-state index contributed by atoms with van der Waals surface area (Å²) < 4.78 is 9.46. The van der Waals surface area contributed by atoms with E-state index in [2.05, 4.69) is 133 Å². The highest BCUT2D eigenvalue weighted by Gasteiger charge is 2.43. The fourth-order valence-corrected chi connectivity index (χ4v) is 11.0. The highest BCUT2D eigenvalue weighted by Crippen LogP contribution is 2.56. The Balaban J connectivity index is 0.896. The Morgan fingerprint density at radius 2 is 1.57 bits per heavy atom. The van der Waals surface area contributed by atoms with Crippen molar-refractivity contribution >= 4 is 57.3 Å². The SMILES string of the molecule is C1=NC(c2cccc(C3=c4sc5ccccc5c4=CCC3)c2)c2oc3c(c2N1)=CC(C1C=C2CC(C1)C2c1cccc(-c2ccccc2)c1)CC=3. The summed E-state index contributed by atoms with van der Waals surface area (Å²) in [5.41, 5.74) is 11.7. The molecule has 1 N–H and O–H groups in total. The summed E-state index contributed by atoms with van der Waals surface area (Å²) >= 11 is 1.93. The predicted octanol–water partition coefficient (Wildman–Crippen LogP) is 8.81. The van der Waals surface area contributed by atoms with E-state index in [-0.39, 0.29) is 6.04 Å². The van der Waals surface area contributed by atoms with Gasteiger partial charge in [-0.05, 0) is 112 Å². The van der Waals surface area contributed by atoms with Crippen LogP contribution in [0, 0.1) is 17.8 Å². The third-order valence-electron chi connectivity index (χ3n) is 12.1. The molecule has 3 nitrogen and oxygen atoms in total. The van der Waals surface area contributed by atoms with Gasteiger partial charge in [-0.25, -0.2) is 0 Å². The van der Waals surface area contributed by atoms with Crippen molar-refractivity contribution in [3.8, 4) is 11.1 Å². The van der Waals surface area contributed by atoms with E-state index in [9.17, 15) is 0 Å². The molecule has 3 heterocycles. The fourth-order valence-electron chi connectivity index (χ4n) is 9.68. The Morgan fingerprint density at radius 1 is 0.745 bits per heavy atom. The van der Waals surface area contributed by atoms with Gasteiger partial charge in [0.15, 0.2) is 5.76 Å². The van der Waals surface area contributed by atoms with Gasteiger partial charge in [0.2, 0.25) is 0 Å². The Labute approximate surface area is 301 Å². The van der Waals surface area contributed by atoms with Crippen LogP contribution in [0.4, 0.5) is 5.69 Å². The molecule has 5 aliphatic carbocycles. The van der Waals surface area contributed by atoms with Crippen molar-refractivity contribution in [1.29, 1.82) is 0 Å². The minimum absolute atomic E-state index is 0.165. The van der Waals surface area contributed by atoms with Crippen LogP contribution in [0.25, 0.3) is 45.0 Å². The predicted molar refractivity (Wildman–Crippen MR) is 212 cm³/mol. The van der Waals surface area contributed by atoms with Crippen LogP contribution in [0.1, 0.15) is 66.5 Å². The van der Waals surface area contributed by atoms with Gasteiger partial charge >= 0.3 is 0 Å². The molecule has 4 aromatic carbocycles. The molecule has 0 radical (unpaired) electrons. The van der Waals surface area contributed by atoms with Crippen molar-refractivity contribution in [3.05, 3.63) is 158 Å². The third kappa shape index (κ3) is 4.80. The van der Waals surface area contributed by atoms with Gasteiger partial charge in [-0.2, -0.15) is 0 Å². The molecule has 6 aliphatic rings. The summed E-state index contributed by atoms with van der Waals surface area (Å²) in [5.74, 6) is 3.27.